The van der Waals surface area contributed by atoms with Gasteiger partial charge in [0.2, 0.25) is 11.3 Å². The topological polar surface area (TPSA) is 137 Å². The summed E-state index contributed by atoms with van der Waals surface area (Å²) in [7, 11) is 0. The molecule has 0 fully saturated rings. The zero-order valence-electron chi connectivity index (χ0n) is 32.4. The molecule has 63 heavy (non-hydrogen) atoms. The van der Waals surface area contributed by atoms with Crippen LogP contribution in [0.3, 0.4) is 0 Å². The molecule has 5 N–H and O–H groups in total. The molecular weight excluding hydrogens is 870 g/mol. The Balaban J connectivity index is 1.33. The smallest absolute Gasteiger partial charge is 0.411 e. The number of hydrogen-bond donors (Lipinski definition) is 5. The molecule has 0 unspecified atom stereocenters. The number of benzene rings is 5. The summed E-state index contributed by atoms with van der Waals surface area (Å²) in [5.41, 5.74) is -15.2. The second-order valence-corrected chi connectivity index (χ2v) is 14.1. The molecule has 5 rings (SSSR count). The molecule has 0 spiro atoms. The fourth-order valence-electron chi connectivity index (χ4n) is 6.34. The summed E-state index contributed by atoms with van der Waals surface area (Å²) in [6, 6.07) is 14.4. The second kappa shape index (κ2) is 16.7. The van der Waals surface area contributed by atoms with E-state index in [4.69, 9.17) is 4.74 Å². The lowest BCUT2D eigenvalue weighted by Crippen LogP contribution is -2.54. The van der Waals surface area contributed by atoms with Crippen molar-refractivity contribution in [3.05, 3.63) is 137 Å². The van der Waals surface area contributed by atoms with E-state index < -0.39 is 98.5 Å². The number of phenolic OH excluding ortho intramolecular Hbond substituents is 2. The lowest BCUT2D eigenvalue weighted by Gasteiger charge is -2.38. The molecule has 0 atom stereocenters. The molecule has 0 bridgehead atoms. The Labute approximate surface area is 348 Å². The van der Waals surface area contributed by atoms with Crippen LogP contribution in [-0.2, 0) is 15.6 Å². The summed E-state index contributed by atoms with van der Waals surface area (Å²) in [5, 5.41) is 26.5. The van der Waals surface area contributed by atoms with Gasteiger partial charge in [0.15, 0.2) is 5.41 Å². The first-order valence-corrected chi connectivity index (χ1v) is 17.8. The molecule has 0 aliphatic rings. The highest BCUT2D eigenvalue weighted by atomic mass is 19.4. The first-order valence-electron chi connectivity index (χ1n) is 17.8. The van der Waals surface area contributed by atoms with Crippen molar-refractivity contribution in [1.29, 1.82) is 0 Å². The Morgan fingerprint density at radius 2 is 0.857 bits per heavy atom. The van der Waals surface area contributed by atoms with Gasteiger partial charge in [-0.3, -0.25) is 14.4 Å². The maximum Gasteiger partial charge on any atom is 0.411 e. The minimum absolute atomic E-state index is 0.0720. The third-order valence-corrected chi connectivity index (χ3v) is 9.93. The van der Waals surface area contributed by atoms with E-state index in [1.807, 2.05) is 5.32 Å². The van der Waals surface area contributed by atoms with Gasteiger partial charge in [0.1, 0.15) is 23.0 Å². The molecule has 5 aromatic rings. The Morgan fingerprint density at radius 3 is 1.27 bits per heavy atom. The van der Waals surface area contributed by atoms with Gasteiger partial charge in [0.05, 0.1) is 11.4 Å². The second-order valence-electron chi connectivity index (χ2n) is 14.1. The highest BCUT2D eigenvalue weighted by molar-refractivity contribution is 6.05. The SMILES string of the molecule is CC(=O)Nc1cc(C(c2ccc(C)c(NC(=O)c3ccc(Oc4ccc(C(=O)Nc5cc(C(C)(C(F)(F)F)C(F)(F)F)ccc5O)cc4)cc3)c2)(C(F)(F)F)C(F)(F)F)ccc1O. The van der Waals surface area contributed by atoms with Crippen LogP contribution in [-0.4, -0.2) is 52.6 Å². The number of rotatable bonds is 10. The lowest BCUT2D eigenvalue weighted by molar-refractivity contribution is -0.297. The number of amides is 3. The zero-order chi connectivity index (χ0) is 47.1. The third-order valence-electron chi connectivity index (χ3n) is 9.93. The van der Waals surface area contributed by atoms with Gasteiger partial charge in [0.25, 0.3) is 11.8 Å². The molecule has 0 aliphatic carbocycles. The van der Waals surface area contributed by atoms with Gasteiger partial charge in [-0.15, -0.1) is 0 Å². The molecule has 0 saturated heterocycles. The average molecular weight is 902 g/mol. The molecule has 0 saturated carbocycles. The van der Waals surface area contributed by atoms with E-state index >= 15 is 0 Å². The van der Waals surface area contributed by atoms with Crippen molar-refractivity contribution in [3.63, 3.8) is 0 Å². The summed E-state index contributed by atoms with van der Waals surface area (Å²) >= 11 is 0. The predicted molar refractivity (Wildman–Crippen MR) is 203 cm³/mol. The standard InChI is InChI=1S/C42H31F12N3O6/c1-21-4-9-26(38(41(49,50)51,42(52,53)54)27-11-17-33(59)31(20-27)55-22(2)58)19-30(21)56-35(61)23-5-12-28(13-6-23)63-29-14-7-24(8-15-29)36(62)57-32-18-25(10-16-34(32)60)37(3,39(43,44)45)40(46,47)48/h4-20,59-60H,1-3H3,(H,55,58)(H,56,61)(H,57,62). The summed E-state index contributed by atoms with van der Waals surface area (Å²) in [6.07, 6.45) is -23.7. The molecule has 21 heteroatoms. The van der Waals surface area contributed by atoms with Crippen molar-refractivity contribution in [3.8, 4) is 23.0 Å². The fourth-order valence-corrected chi connectivity index (χ4v) is 6.34. The summed E-state index contributed by atoms with van der Waals surface area (Å²) in [4.78, 5) is 37.7. The molecular formula is C42H31F12N3O6. The molecule has 0 radical (unpaired) electrons. The van der Waals surface area contributed by atoms with E-state index in [0.29, 0.717) is 48.5 Å². The number of phenols is 2. The monoisotopic (exact) mass is 901 g/mol. The Morgan fingerprint density at radius 1 is 0.492 bits per heavy atom. The maximum absolute atomic E-state index is 14.9. The maximum atomic E-state index is 14.9. The van der Waals surface area contributed by atoms with Crippen LogP contribution in [0, 0.1) is 6.92 Å². The molecule has 3 amide bonds. The van der Waals surface area contributed by atoms with Crippen LogP contribution in [0.25, 0.3) is 0 Å². The van der Waals surface area contributed by atoms with Crippen LogP contribution < -0.4 is 20.7 Å². The van der Waals surface area contributed by atoms with Gasteiger partial charge in [-0.05, 0) is 115 Å². The van der Waals surface area contributed by atoms with E-state index in [0.717, 1.165) is 25.1 Å². The van der Waals surface area contributed by atoms with Gasteiger partial charge >= 0.3 is 24.7 Å². The first kappa shape index (κ1) is 47.1. The van der Waals surface area contributed by atoms with Crippen LogP contribution in [0.4, 0.5) is 69.7 Å². The van der Waals surface area contributed by atoms with Crippen molar-refractivity contribution in [2.45, 2.75) is 56.3 Å². The summed E-state index contributed by atoms with van der Waals surface area (Å²) < 4.78 is 177. The zero-order valence-corrected chi connectivity index (χ0v) is 32.4. The Kier molecular flexibility index (Phi) is 12.5. The number of nitrogens with one attached hydrogen (secondary N) is 3. The highest BCUT2D eigenvalue weighted by Crippen LogP contribution is 2.57. The Bertz CT molecular complexity index is 2510. The minimum Gasteiger partial charge on any atom is -0.506 e. The van der Waals surface area contributed by atoms with Crippen molar-refractivity contribution >= 4 is 34.8 Å². The number of carbonyl (C=O) groups is 3. The van der Waals surface area contributed by atoms with Crippen LogP contribution in [0.5, 0.6) is 23.0 Å². The van der Waals surface area contributed by atoms with Crippen LogP contribution in [0.15, 0.2) is 103 Å². The Hall–Kier alpha value is -6.93. The van der Waals surface area contributed by atoms with Crippen LogP contribution >= 0.6 is 0 Å². The molecule has 5 aromatic carbocycles. The largest absolute Gasteiger partial charge is 0.506 e. The first-order chi connectivity index (χ1) is 29.0. The minimum atomic E-state index is -6.06. The van der Waals surface area contributed by atoms with Crippen molar-refractivity contribution in [2.24, 2.45) is 0 Å². The fraction of sp³-hybridized carbons (Fsp3) is 0.214. The number of halogens is 12. The summed E-state index contributed by atoms with van der Waals surface area (Å²) in [6.45, 7) is 2.16. The average Bonchev–Trinajstić information content (AvgIpc) is 3.16. The number of aryl methyl sites for hydroxylation is 1. The van der Waals surface area contributed by atoms with Gasteiger partial charge in [-0.25, -0.2) is 0 Å². The number of alkyl halides is 12. The highest BCUT2D eigenvalue weighted by Gasteiger charge is 2.73. The van der Waals surface area contributed by atoms with E-state index in [9.17, 15) is 77.3 Å². The quantitative estimate of drug-likeness (QED) is 0.0699. The number of hydrogen-bond acceptors (Lipinski definition) is 6. The van der Waals surface area contributed by atoms with Crippen molar-refractivity contribution in [1.82, 2.24) is 0 Å². The van der Waals surface area contributed by atoms with Gasteiger partial charge < -0.3 is 30.9 Å². The van der Waals surface area contributed by atoms with E-state index in [1.165, 1.54) is 43.3 Å². The third kappa shape index (κ3) is 9.17. The molecule has 0 aromatic heterocycles. The van der Waals surface area contributed by atoms with Crippen LogP contribution in [0.2, 0.25) is 0 Å². The lowest BCUT2D eigenvalue weighted by atomic mass is 9.72. The molecule has 0 heterocycles. The number of aromatic hydroxyl groups is 2. The van der Waals surface area contributed by atoms with Crippen molar-refractivity contribution in [2.75, 3.05) is 16.0 Å². The van der Waals surface area contributed by atoms with E-state index in [1.54, 1.807) is 0 Å². The summed E-state index contributed by atoms with van der Waals surface area (Å²) in [5.74, 6) is -4.36. The number of ether oxygens (including phenoxy) is 1. The number of anilines is 3. The van der Waals surface area contributed by atoms with Crippen LogP contribution in [0.1, 0.15) is 56.8 Å². The molecule has 9 nitrogen and oxygen atoms in total. The van der Waals surface area contributed by atoms with Gasteiger partial charge in [-0.2, -0.15) is 52.7 Å². The van der Waals surface area contributed by atoms with E-state index in [2.05, 4.69) is 10.6 Å². The van der Waals surface area contributed by atoms with Gasteiger partial charge in [0, 0.05) is 23.7 Å². The van der Waals surface area contributed by atoms with Crippen molar-refractivity contribution < 1.29 is 82.0 Å². The predicted octanol–water partition coefficient (Wildman–Crippen LogP) is 11.5. The molecule has 334 valence electrons. The van der Waals surface area contributed by atoms with E-state index in [-0.39, 0.29) is 35.1 Å². The van der Waals surface area contributed by atoms with Gasteiger partial charge in [-0.1, -0.05) is 24.3 Å². The normalized spacial score (nSPS) is 12.7. The molecule has 0 aliphatic heterocycles. The number of carbonyl (C=O) groups excluding carboxylic acids is 3.